The Labute approximate surface area is 172 Å². The topological polar surface area (TPSA) is 68.5 Å². The van der Waals surface area contributed by atoms with Crippen LogP contribution in [-0.2, 0) is 10.5 Å². The maximum absolute atomic E-state index is 12.8. The Balaban J connectivity index is 1.77. The van der Waals surface area contributed by atoms with Crippen molar-refractivity contribution in [2.45, 2.75) is 17.6 Å². The Kier molecular flexibility index (Phi) is 6.44. The van der Waals surface area contributed by atoms with Crippen LogP contribution in [-0.4, -0.2) is 19.0 Å². The van der Waals surface area contributed by atoms with Crippen molar-refractivity contribution in [3.05, 3.63) is 82.3 Å². The fourth-order valence-electron chi connectivity index (χ4n) is 2.58. The predicted molar refractivity (Wildman–Crippen MR) is 110 cm³/mol. The van der Waals surface area contributed by atoms with Crippen molar-refractivity contribution >= 4 is 40.9 Å². The molecule has 1 N–H and O–H groups in total. The third kappa shape index (κ3) is 4.58. The molecule has 0 aliphatic carbocycles. The van der Waals surface area contributed by atoms with E-state index in [4.69, 9.17) is 20.8 Å². The predicted octanol–water partition coefficient (Wildman–Crippen LogP) is 5.57. The van der Waals surface area contributed by atoms with Crippen molar-refractivity contribution in [3.63, 3.8) is 0 Å². The van der Waals surface area contributed by atoms with E-state index in [9.17, 15) is 9.59 Å². The van der Waals surface area contributed by atoms with Crippen molar-refractivity contribution in [2.24, 2.45) is 0 Å². The minimum Gasteiger partial charge on any atom is -0.468 e. The summed E-state index contributed by atoms with van der Waals surface area (Å²) in [5, 5.41) is 3.33. The number of aryl methyl sites for hydroxylation is 1. The average molecular weight is 416 g/mol. The Morgan fingerprint density at radius 3 is 2.68 bits per heavy atom. The second-order valence-corrected chi connectivity index (χ2v) is 7.40. The Hall–Kier alpha value is -2.70. The number of carbonyl (C=O) groups is 2. The number of ether oxygens (including phenoxy) is 1. The normalized spacial score (nSPS) is 10.5. The number of rotatable bonds is 6. The van der Waals surface area contributed by atoms with Crippen LogP contribution in [0.15, 0.2) is 64.1 Å². The number of nitrogens with one attached hydrogen (secondary N) is 1. The molecule has 0 aliphatic heterocycles. The number of amides is 1. The van der Waals surface area contributed by atoms with Crippen LogP contribution in [0.25, 0.3) is 0 Å². The van der Waals surface area contributed by atoms with Gasteiger partial charge in [-0.25, -0.2) is 4.79 Å². The molecule has 0 spiro atoms. The van der Waals surface area contributed by atoms with Crippen LogP contribution in [0.1, 0.15) is 32.0 Å². The Bertz CT molecular complexity index is 1020. The highest BCUT2D eigenvalue weighted by molar-refractivity contribution is 7.98. The molecule has 7 heteroatoms. The molecule has 0 radical (unpaired) electrons. The van der Waals surface area contributed by atoms with Crippen LogP contribution in [0.3, 0.4) is 0 Å². The Morgan fingerprint density at radius 1 is 1.14 bits per heavy atom. The van der Waals surface area contributed by atoms with E-state index in [1.54, 1.807) is 30.3 Å². The quantitative estimate of drug-likeness (QED) is 0.421. The maximum atomic E-state index is 12.8. The number of furan rings is 1. The first-order valence-corrected chi connectivity index (χ1v) is 9.80. The highest BCUT2D eigenvalue weighted by Gasteiger charge is 2.17. The minimum atomic E-state index is -0.454. The van der Waals surface area contributed by atoms with Gasteiger partial charge in [-0.15, -0.1) is 11.8 Å². The molecule has 1 heterocycles. The summed E-state index contributed by atoms with van der Waals surface area (Å²) >= 11 is 7.61. The molecule has 3 aromatic rings. The maximum Gasteiger partial charge on any atom is 0.341 e. The molecule has 0 saturated heterocycles. The number of methoxy groups -OCH3 is 1. The molecule has 0 unspecified atom stereocenters. The van der Waals surface area contributed by atoms with E-state index in [2.05, 4.69) is 5.32 Å². The van der Waals surface area contributed by atoms with Crippen molar-refractivity contribution in [1.29, 1.82) is 0 Å². The number of benzene rings is 2. The first-order chi connectivity index (χ1) is 13.5. The first kappa shape index (κ1) is 20.0. The summed E-state index contributed by atoms with van der Waals surface area (Å²) in [6.07, 6.45) is 1.44. The van der Waals surface area contributed by atoms with Crippen LogP contribution in [0.4, 0.5) is 5.69 Å². The van der Waals surface area contributed by atoms with E-state index in [1.165, 1.54) is 25.1 Å². The third-order valence-electron chi connectivity index (χ3n) is 4.01. The van der Waals surface area contributed by atoms with E-state index >= 15 is 0 Å². The number of carbonyl (C=O) groups excluding carboxylic acids is 2. The number of anilines is 1. The van der Waals surface area contributed by atoms with E-state index < -0.39 is 5.97 Å². The zero-order chi connectivity index (χ0) is 20.1. The molecule has 0 bridgehead atoms. The number of thioether (sulfide) groups is 1. The molecule has 0 fully saturated rings. The lowest BCUT2D eigenvalue weighted by molar-refractivity contribution is 0.0598. The third-order valence-corrected chi connectivity index (χ3v) is 5.40. The Morgan fingerprint density at radius 2 is 1.93 bits per heavy atom. The van der Waals surface area contributed by atoms with Gasteiger partial charge in [0.15, 0.2) is 0 Å². The molecule has 1 aromatic heterocycles. The molecule has 0 saturated carbocycles. The molecular weight excluding hydrogens is 398 g/mol. The van der Waals surface area contributed by atoms with Crippen LogP contribution in [0.5, 0.6) is 0 Å². The van der Waals surface area contributed by atoms with Crippen molar-refractivity contribution in [2.75, 3.05) is 12.4 Å². The van der Waals surface area contributed by atoms with Gasteiger partial charge >= 0.3 is 5.97 Å². The van der Waals surface area contributed by atoms with Gasteiger partial charge in [-0.1, -0.05) is 29.8 Å². The summed E-state index contributed by atoms with van der Waals surface area (Å²) < 4.78 is 10.1. The number of hydrogen-bond donors (Lipinski definition) is 1. The average Bonchev–Trinajstić information content (AvgIpc) is 3.16. The smallest absolute Gasteiger partial charge is 0.341 e. The van der Waals surface area contributed by atoms with Crippen LogP contribution in [0.2, 0.25) is 5.02 Å². The van der Waals surface area contributed by atoms with E-state index in [-0.39, 0.29) is 5.91 Å². The fourth-order valence-corrected chi connectivity index (χ4v) is 3.86. The fraction of sp³-hybridized carbons (Fsp3) is 0.143. The minimum absolute atomic E-state index is 0.263. The molecule has 3 rings (SSSR count). The van der Waals surface area contributed by atoms with E-state index in [0.717, 1.165) is 10.5 Å². The second kappa shape index (κ2) is 8.99. The molecule has 0 atom stereocenters. The molecule has 144 valence electrons. The van der Waals surface area contributed by atoms with Gasteiger partial charge in [0.05, 0.1) is 35.4 Å². The van der Waals surface area contributed by atoms with E-state index in [1.807, 2.05) is 25.1 Å². The van der Waals surface area contributed by atoms with Gasteiger partial charge < -0.3 is 14.5 Å². The number of esters is 1. The largest absolute Gasteiger partial charge is 0.468 e. The zero-order valence-corrected chi connectivity index (χ0v) is 16.9. The van der Waals surface area contributed by atoms with Gasteiger partial charge in [0.1, 0.15) is 11.3 Å². The summed E-state index contributed by atoms with van der Waals surface area (Å²) in [6.45, 7) is 1.93. The number of halogens is 1. The molecule has 1 amide bonds. The van der Waals surface area contributed by atoms with Gasteiger partial charge in [0, 0.05) is 4.90 Å². The monoisotopic (exact) mass is 415 g/mol. The highest BCUT2D eigenvalue weighted by atomic mass is 35.5. The summed E-state index contributed by atoms with van der Waals surface area (Å²) in [7, 11) is 1.32. The lowest BCUT2D eigenvalue weighted by Gasteiger charge is -2.11. The SMILES string of the molecule is COC(=O)c1ccoc1CSc1ccccc1C(=O)Nc1ccc(C)cc1Cl. The molecule has 2 aromatic carbocycles. The van der Waals surface area contributed by atoms with Crippen LogP contribution in [0, 0.1) is 6.92 Å². The lowest BCUT2D eigenvalue weighted by atomic mass is 10.2. The summed E-state index contributed by atoms with van der Waals surface area (Å²) in [6, 6.07) is 14.2. The first-order valence-electron chi connectivity index (χ1n) is 8.43. The summed E-state index contributed by atoms with van der Waals surface area (Å²) in [4.78, 5) is 25.3. The summed E-state index contributed by atoms with van der Waals surface area (Å²) in [5.74, 6) is 0.159. The molecule has 5 nitrogen and oxygen atoms in total. The van der Waals surface area contributed by atoms with Crippen molar-refractivity contribution in [3.8, 4) is 0 Å². The molecule has 28 heavy (non-hydrogen) atoms. The van der Waals surface area contributed by atoms with Crippen molar-refractivity contribution < 1.29 is 18.7 Å². The van der Waals surface area contributed by atoms with Crippen LogP contribution >= 0.6 is 23.4 Å². The zero-order valence-electron chi connectivity index (χ0n) is 15.3. The van der Waals surface area contributed by atoms with Gasteiger partial charge in [0.2, 0.25) is 0 Å². The van der Waals surface area contributed by atoms with Gasteiger partial charge in [-0.05, 0) is 42.8 Å². The standard InChI is InChI=1S/C21H18ClNO4S/c1-13-7-8-17(16(22)11-13)23-20(24)15-5-3-4-6-19(15)28-12-18-14(9-10-27-18)21(25)26-2/h3-11H,12H2,1-2H3,(H,23,24). The van der Waals surface area contributed by atoms with Crippen LogP contribution < -0.4 is 5.32 Å². The van der Waals surface area contributed by atoms with Crippen molar-refractivity contribution in [1.82, 2.24) is 0 Å². The second-order valence-electron chi connectivity index (χ2n) is 5.97. The van der Waals surface area contributed by atoms with Gasteiger partial charge in [-0.2, -0.15) is 0 Å². The summed E-state index contributed by atoms with van der Waals surface area (Å²) in [5.41, 5.74) is 2.45. The highest BCUT2D eigenvalue weighted by Crippen LogP contribution is 2.30. The van der Waals surface area contributed by atoms with Gasteiger partial charge in [-0.3, -0.25) is 4.79 Å². The molecule has 0 aliphatic rings. The van der Waals surface area contributed by atoms with E-state index in [0.29, 0.717) is 33.4 Å². The number of hydrogen-bond acceptors (Lipinski definition) is 5. The lowest BCUT2D eigenvalue weighted by Crippen LogP contribution is -2.13. The van der Waals surface area contributed by atoms with Gasteiger partial charge in [0.25, 0.3) is 5.91 Å². The molecular formula is C21H18ClNO4S.